The summed E-state index contributed by atoms with van der Waals surface area (Å²) in [4.78, 5) is 61.4. The highest BCUT2D eigenvalue weighted by Crippen LogP contribution is 2.45. The number of aromatic nitrogens is 6. The molecule has 92 heavy (non-hydrogen) atoms. The lowest BCUT2D eigenvalue weighted by atomic mass is 9.87. The van der Waals surface area contributed by atoms with Crippen LogP contribution in [0.15, 0.2) is 143 Å². The molecule has 2 saturated carbocycles. The van der Waals surface area contributed by atoms with Crippen molar-refractivity contribution in [3.63, 3.8) is 0 Å². The average molecular weight is 1260 g/mol. The van der Waals surface area contributed by atoms with E-state index >= 15 is 0 Å². The quantitative estimate of drug-likeness (QED) is 0.0357. The van der Waals surface area contributed by atoms with Gasteiger partial charge in [0.15, 0.2) is 11.4 Å². The van der Waals surface area contributed by atoms with Crippen LogP contribution in [0.25, 0.3) is 22.5 Å². The summed E-state index contributed by atoms with van der Waals surface area (Å²) in [6.45, 7) is 14.0. The predicted octanol–water partition coefficient (Wildman–Crippen LogP) is 13.5. The number of methoxy groups -OCH3 is 2. The van der Waals surface area contributed by atoms with Gasteiger partial charge in [0, 0.05) is 24.9 Å². The average Bonchev–Trinajstić information content (AvgIpc) is 1.61. The van der Waals surface area contributed by atoms with Gasteiger partial charge in [0.1, 0.15) is 48.7 Å². The fraction of sp³-hybridized carbons (Fsp3) is 0.444. The zero-order valence-electron chi connectivity index (χ0n) is 54.4. The molecule has 2 unspecified atom stereocenters. The fourth-order valence-corrected chi connectivity index (χ4v) is 12.3. The van der Waals surface area contributed by atoms with E-state index in [0.29, 0.717) is 84.1 Å². The largest absolute Gasteiger partial charge is 0.496 e. The third-order valence-electron chi connectivity index (χ3n) is 16.8. The van der Waals surface area contributed by atoms with Gasteiger partial charge in [-0.25, -0.2) is 9.97 Å². The van der Waals surface area contributed by atoms with Crippen LogP contribution in [0, 0.1) is 23.7 Å². The molecule has 10 rings (SSSR count). The Morgan fingerprint density at radius 1 is 0.543 bits per heavy atom. The van der Waals surface area contributed by atoms with Crippen LogP contribution in [0.1, 0.15) is 175 Å². The number of ether oxygens (including phenoxy) is 4. The first-order valence-electron chi connectivity index (χ1n) is 32.4. The molecule has 2 fully saturated rings. The Hall–Kier alpha value is -9.20. The lowest BCUT2D eigenvalue weighted by molar-refractivity contribution is -0.122. The fourth-order valence-electron chi connectivity index (χ4n) is 12.3. The zero-order chi connectivity index (χ0) is 64.9. The van der Waals surface area contributed by atoms with Crippen molar-refractivity contribution in [2.24, 2.45) is 23.7 Å². The van der Waals surface area contributed by atoms with Gasteiger partial charge >= 0.3 is 0 Å². The summed E-state index contributed by atoms with van der Waals surface area (Å²) >= 11 is 0. The van der Waals surface area contributed by atoms with Crippen molar-refractivity contribution in [1.29, 1.82) is 0 Å². The molecule has 20 heteroatoms. The second-order valence-electron chi connectivity index (χ2n) is 25.2. The first-order chi connectivity index (χ1) is 44.6. The third-order valence-corrected chi connectivity index (χ3v) is 16.8. The van der Waals surface area contributed by atoms with Crippen LogP contribution >= 0.6 is 0 Å². The minimum absolute atomic E-state index is 0.125. The smallest absolute Gasteiger partial charge is 0.272 e. The molecular weight excluding hydrogens is 1160 g/mol. The second-order valence-corrected chi connectivity index (χ2v) is 25.2. The molecule has 8 aromatic rings. The highest BCUT2D eigenvalue weighted by Gasteiger charge is 2.32. The molecule has 2 aliphatic carbocycles. The summed E-state index contributed by atoms with van der Waals surface area (Å²) in [5, 5.41) is 21.7. The molecule has 20 nitrogen and oxygen atoms in total. The van der Waals surface area contributed by atoms with Crippen molar-refractivity contribution in [3.05, 3.63) is 168 Å². The van der Waals surface area contributed by atoms with E-state index in [9.17, 15) is 19.2 Å². The van der Waals surface area contributed by atoms with E-state index in [0.717, 1.165) is 78.6 Å². The number of amides is 4. The van der Waals surface area contributed by atoms with Crippen LogP contribution in [0.4, 0.5) is 0 Å². The van der Waals surface area contributed by atoms with Gasteiger partial charge < -0.3 is 49.0 Å². The number of carbonyl (C=O) groups is 4. The summed E-state index contributed by atoms with van der Waals surface area (Å²) in [6.07, 6.45) is 15.8. The van der Waals surface area contributed by atoms with E-state index in [-0.39, 0.29) is 85.6 Å². The van der Waals surface area contributed by atoms with Crippen molar-refractivity contribution < 1.29 is 47.0 Å². The van der Waals surface area contributed by atoms with Gasteiger partial charge in [0.25, 0.3) is 11.8 Å². The van der Waals surface area contributed by atoms with E-state index < -0.39 is 0 Å². The van der Waals surface area contributed by atoms with Gasteiger partial charge in [-0.3, -0.25) is 28.5 Å². The summed E-state index contributed by atoms with van der Waals surface area (Å²) in [5.74, 6) is 4.14. The lowest BCUT2D eigenvalue weighted by Crippen LogP contribution is -2.40. The maximum atomic E-state index is 13.9. The van der Waals surface area contributed by atoms with Crippen molar-refractivity contribution in [1.82, 2.24) is 50.8 Å². The number of nitrogens with one attached hydrogen (secondary N) is 4. The Morgan fingerprint density at radius 3 is 1.40 bits per heavy atom. The summed E-state index contributed by atoms with van der Waals surface area (Å²) in [6, 6.07) is 34.6. The monoisotopic (exact) mass is 1250 g/mol. The molecule has 0 aliphatic heterocycles. The first kappa shape index (κ1) is 67.2. The van der Waals surface area contributed by atoms with Gasteiger partial charge in [0.2, 0.25) is 23.6 Å². The molecule has 0 spiro atoms. The molecule has 0 saturated heterocycles. The number of benzene rings is 4. The molecular formula is C72H90N10O10. The van der Waals surface area contributed by atoms with E-state index in [2.05, 4.69) is 72.8 Å². The SMILES string of the molecule is COc1cccc(OCc2ccccc2)c1-c1cc(C(=O)N[C@H](CC(=O)NCc2ncco2)CC(C)C)nn1C1CCC(C)CC1.COc1cccc(OCc2ccccc2)c1-c1cc(C(=O)N[C@H](CC(=O)NCc2ncco2)CC(C)C)nn1C1CCCC(C)C1. The minimum Gasteiger partial charge on any atom is -0.496 e. The van der Waals surface area contributed by atoms with E-state index in [1.165, 1.54) is 31.3 Å². The van der Waals surface area contributed by atoms with Crippen LogP contribution in [-0.4, -0.2) is 79.5 Å². The Bertz CT molecular complexity index is 3600. The highest BCUT2D eigenvalue weighted by atomic mass is 16.5. The Labute approximate surface area is 540 Å². The topological polar surface area (TPSA) is 241 Å². The van der Waals surface area contributed by atoms with Gasteiger partial charge in [-0.1, -0.05) is 127 Å². The van der Waals surface area contributed by atoms with Crippen molar-refractivity contribution in [2.75, 3.05) is 14.2 Å². The highest BCUT2D eigenvalue weighted by molar-refractivity contribution is 5.95. The van der Waals surface area contributed by atoms with Crippen LogP contribution in [0.3, 0.4) is 0 Å². The van der Waals surface area contributed by atoms with E-state index in [1.807, 2.05) is 119 Å². The van der Waals surface area contributed by atoms with E-state index in [4.69, 9.17) is 38.0 Å². The Morgan fingerprint density at radius 2 is 0.989 bits per heavy atom. The molecule has 4 N–H and O–H groups in total. The van der Waals surface area contributed by atoms with Crippen LogP contribution in [0.5, 0.6) is 23.0 Å². The maximum Gasteiger partial charge on any atom is 0.272 e. The number of hydrogen-bond donors (Lipinski definition) is 4. The Balaban J connectivity index is 0.000000217. The van der Waals surface area contributed by atoms with Crippen LogP contribution in [-0.2, 0) is 35.9 Å². The predicted molar refractivity (Wildman–Crippen MR) is 351 cm³/mol. The van der Waals surface area contributed by atoms with Gasteiger partial charge in [-0.2, -0.15) is 10.2 Å². The Kier molecular flexibility index (Phi) is 24.3. The summed E-state index contributed by atoms with van der Waals surface area (Å²) in [7, 11) is 3.28. The van der Waals surface area contributed by atoms with Crippen molar-refractivity contribution >= 4 is 23.6 Å². The van der Waals surface area contributed by atoms with Crippen LogP contribution in [0.2, 0.25) is 0 Å². The first-order valence-corrected chi connectivity index (χ1v) is 32.4. The lowest BCUT2D eigenvalue weighted by Gasteiger charge is -2.29. The molecule has 4 amide bonds. The molecule has 4 atom stereocenters. The normalized spacial score (nSPS) is 17.0. The number of nitrogens with zero attached hydrogens (tertiary/aromatic N) is 6. The van der Waals surface area contributed by atoms with Crippen molar-refractivity contribution in [2.45, 2.75) is 169 Å². The summed E-state index contributed by atoms with van der Waals surface area (Å²) < 4.78 is 38.9. The number of hydrogen-bond acceptors (Lipinski definition) is 14. The summed E-state index contributed by atoms with van der Waals surface area (Å²) in [5.41, 5.74) is 5.75. The molecule has 0 bridgehead atoms. The van der Waals surface area contributed by atoms with Crippen LogP contribution < -0.4 is 40.2 Å². The molecule has 488 valence electrons. The van der Waals surface area contributed by atoms with Gasteiger partial charge in [-0.05, 0) is 123 Å². The standard InChI is InChI=1S/2C36H45N5O5/c1-24(2)18-27(20-33(42)38-22-34-37-16-17-45-34)39-36(43)29-21-30(41(40-29)28-13-8-10-25(3)19-28)35-31(44-4)14-9-15-32(35)46-23-26-11-6-5-7-12-26;1-24(2)19-27(20-33(42)38-22-34-37-17-18-45-34)39-36(43)29-21-30(41(40-29)28-15-13-25(3)14-16-28)35-31(44-4)11-8-12-32(35)46-23-26-9-6-5-7-10-26/h5-7,9,11-12,14-17,21,24-25,27-28H,8,10,13,18-20,22-23H2,1-4H3,(H,38,42)(H,39,43);5-12,17-18,21,24-25,27-28H,13-16,19-20,22-23H2,1-4H3,(H,38,42)(H,39,43)/t2*25?,27-,28?/m00/s1. The molecule has 0 radical (unpaired) electrons. The van der Waals surface area contributed by atoms with Crippen molar-refractivity contribution in [3.8, 4) is 45.5 Å². The third kappa shape index (κ3) is 18.9. The molecule has 4 heterocycles. The van der Waals surface area contributed by atoms with E-state index in [1.54, 1.807) is 14.2 Å². The number of rotatable bonds is 28. The zero-order valence-corrected chi connectivity index (χ0v) is 54.4. The molecule has 2 aliphatic rings. The molecule has 4 aromatic carbocycles. The second kappa shape index (κ2) is 33.2. The molecule has 4 aromatic heterocycles. The minimum atomic E-state index is -0.378. The van der Waals surface area contributed by atoms with Gasteiger partial charge in [0.05, 0.1) is 74.3 Å². The maximum absolute atomic E-state index is 13.9. The van der Waals surface area contributed by atoms with Gasteiger partial charge in [-0.15, -0.1) is 0 Å². The number of oxazole rings is 2. The number of carbonyl (C=O) groups excluding carboxylic acids is 4.